The summed E-state index contributed by atoms with van der Waals surface area (Å²) in [6.45, 7) is 0.665. The standard InChI is InChI=1S/C17H16N2O.ClH/c18-9-7-12-1-3-13(4-2-12)14-5-6-16-15(11-14)8-10-19-17(16)20;/h1-6,8,10-11H,7,9,18H2,(H,19,20);1H. The Bertz CT molecular complexity index is 794. The van der Waals surface area contributed by atoms with Crippen molar-refractivity contribution in [1.82, 2.24) is 4.98 Å². The smallest absolute Gasteiger partial charge is 0.255 e. The number of fused-ring (bicyclic) bond motifs is 1. The first kappa shape index (κ1) is 15.3. The first-order chi connectivity index (χ1) is 9.78. The van der Waals surface area contributed by atoms with Gasteiger partial charge in [0.25, 0.3) is 5.56 Å². The van der Waals surface area contributed by atoms with Gasteiger partial charge in [-0.2, -0.15) is 0 Å². The van der Waals surface area contributed by atoms with E-state index < -0.39 is 0 Å². The van der Waals surface area contributed by atoms with Crippen molar-refractivity contribution in [2.45, 2.75) is 6.42 Å². The molecule has 0 bridgehead atoms. The fourth-order valence-electron chi connectivity index (χ4n) is 2.40. The molecule has 0 spiro atoms. The van der Waals surface area contributed by atoms with E-state index in [2.05, 4.69) is 29.2 Å². The van der Waals surface area contributed by atoms with Crippen LogP contribution in [0.5, 0.6) is 0 Å². The molecule has 0 radical (unpaired) electrons. The lowest BCUT2D eigenvalue weighted by molar-refractivity contribution is 0.969. The zero-order valence-corrected chi connectivity index (χ0v) is 12.3. The Morgan fingerprint density at radius 1 is 0.952 bits per heavy atom. The van der Waals surface area contributed by atoms with Crippen molar-refractivity contribution in [3.8, 4) is 11.1 Å². The lowest BCUT2D eigenvalue weighted by Gasteiger charge is -2.05. The summed E-state index contributed by atoms with van der Waals surface area (Å²) < 4.78 is 0. The van der Waals surface area contributed by atoms with E-state index >= 15 is 0 Å². The molecule has 4 heteroatoms. The van der Waals surface area contributed by atoms with E-state index in [4.69, 9.17) is 5.73 Å². The molecule has 0 unspecified atom stereocenters. The van der Waals surface area contributed by atoms with Crippen molar-refractivity contribution in [2.75, 3.05) is 6.54 Å². The SMILES string of the molecule is Cl.NCCc1ccc(-c2ccc3c(=O)[nH]ccc3c2)cc1. The van der Waals surface area contributed by atoms with E-state index in [1.807, 2.05) is 24.3 Å². The summed E-state index contributed by atoms with van der Waals surface area (Å²) in [7, 11) is 0. The molecule has 0 saturated carbocycles. The number of hydrogen-bond acceptors (Lipinski definition) is 2. The number of aromatic amines is 1. The molecule has 3 N–H and O–H groups in total. The first-order valence-corrected chi connectivity index (χ1v) is 6.69. The van der Waals surface area contributed by atoms with Crippen molar-refractivity contribution >= 4 is 23.2 Å². The fraction of sp³-hybridized carbons (Fsp3) is 0.118. The van der Waals surface area contributed by atoms with Crippen molar-refractivity contribution in [3.63, 3.8) is 0 Å². The number of halogens is 1. The third-order valence-corrected chi connectivity index (χ3v) is 3.49. The average molecular weight is 301 g/mol. The Balaban J connectivity index is 0.00000161. The monoisotopic (exact) mass is 300 g/mol. The largest absolute Gasteiger partial charge is 0.330 e. The van der Waals surface area contributed by atoms with Gasteiger partial charge in [-0.05, 0) is 53.2 Å². The second-order valence-electron chi connectivity index (χ2n) is 4.84. The Hall–Kier alpha value is -2.10. The zero-order chi connectivity index (χ0) is 13.9. The Morgan fingerprint density at radius 2 is 1.67 bits per heavy atom. The normalized spacial score (nSPS) is 10.3. The van der Waals surface area contributed by atoms with Crippen LogP contribution in [0.3, 0.4) is 0 Å². The molecule has 108 valence electrons. The molecule has 0 aliphatic carbocycles. The average Bonchev–Trinajstić information content (AvgIpc) is 2.48. The molecule has 2 aromatic carbocycles. The van der Waals surface area contributed by atoms with E-state index in [0.717, 1.165) is 28.3 Å². The lowest BCUT2D eigenvalue weighted by Crippen LogP contribution is -2.04. The summed E-state index contributed by atoms with van der Waals surface area (Å²) in [5.74, 6) is 0. The molecule has 0 fully saturated rings. The highest BCUT2D eigenvalue weighted by atomic mass is 35.5. The number of nitrogens with one attached hydrogen (secondary N) is 1. The van der Waals surface area contributed by atoms with Gasteiger partial charge in [-0.25, -0.2) is 0 Å². The van der Waals surface area contributed by atoms with Gasteiger partial charge in [0.2, 0.25) is 0 Å². The van der Waals surface area contributed by atoms with Crippen molar-refractivity contribution < 1.29 is 0 Å². The minimum Gasteiger partial charge on any atom is -0.330 e. The Labute approximate surface area is 129 Å². The fourth-order valence-corrected chi connectivity index (χ4v) is 2.40. The number of aromatic nitrogens is 1. The van der Waals surface area contributed by atoms with E-state index in [0.29, 0.717) is 6.54 Å². The highest BCUT2D eigenvalue weighted by molar-refractivity contribution is 5.86. The van der Waals surface area contributed by atoms with Gasteiger partial charge in [0.1, 0.15) is 0 Å². The molecule has 0 aliphatic rings. The summed E-state index contributed by atoms with van der Waals surface area (Å²) >= 11 is 0. The highest BCUT2D eigenvalue weighted by Gasteiger charge is 2.02. The van der Waals surface area contributed by atoms with Gasteiger partial charge in [0, 0.05) is 11.6 Å². The van der Waals surface area contributed by atoms with E-state index in [1.54, 1.807) is 6.20 Å². The summed E-state index contributed by atoms with van der Waals surface area (Å²) in [4.78, 5) is 14.4. The minimum atomic E-state index is -0.0488. The van der Waals surface area contributed by atoms with Gasteiger partial charge < -0.3 is 10.7 Å². The number of benzene rings is 2. The maximum atomic E-state index is 11.7. The van der Waals surface area contributed by atoms with Crippen LogP contribution in [0.1, 0.15) is 5.56 Å². The summed E-state index contributed by atoms with van der Waals surface area (Å²) in [5, 5.41) is 1.67. The summed E-state index contributed by atoms with van der Waals surface area (Å²) in [6.07, 6.45) is 2.58. The topological polar surface area (TPSA) is 58.9 Å². The van der Waals surface area contributed by atoms with Crippen molar-refractivity contribution in [1.29, 1.82) is 0 Å². The molecule has 0 amide bonds. The maximum absolute atomic E-state index is 11.7. The predicted octanol–water partition coefficient (Wildman–Crippen LogP) is 3.12. The van der Waals surface area contributed by atoms with Gasteiger partial charge in [0.05, 0.1) is 0 Å². The third kappa shape index (κ3) is 3.15. The quantitative estimate of drug-likeness (QED) is 0.781. The van der Waals surface area contributed by atoms with E-state index in [9.17, 15) is 4.79 Å². The van der Waals surface area contributed by atoms with Gasteiger partial charge >= 0.3 is 0 Å². The van der Waals surface area contributed by atoms with Crippen LogP contribution in [-0.4, -0.2) is 11.5 Å². The van der Waals surface area contributed by atoms with Crippen LogP contribution in [0.4, 0.5) is 0 Å². The number of H-pyrrole nitrogens is 1. The maximum Gasteiger partial charge on any atom is 0.255 e. The lowest BCUT2D eigenvalue weighted by atomic mass is 10.0. The van der Waals surface area contributed by atoms with Crippen molar-refractivity contribution in [2.24, 2.45) is 5.73 Å². The van der Waals surface area contributed by atoms with Crippen LogP contribution in [0.25, 0.3) is 21.9 Å². The second-order valence-corrected chi connectivity index (χ2v) is 4.84. The summed E-state index contributed by atoms with van der Waals surface area (Å²) in [6, 6.07) is 16.2. The van der Waals surface area contributed by atoms with Crippen LogP contribution in [0.2, 0.25) is 0 Å². The van der Waals surface area contributed by atoms with Crippen LogP contribution < -0.4 is 11.3 Å². The van der Waals surface area contributed by atoms with Gasteiger partial charge in [0.15, 0.2) is 0 Å². The van der Waals surface area contributed by atoms with Crippen LogP contribution >= 0.6 is 12.4 Å². The highest BCUT2D eigenvalue weighted by Crippen LogP contribution is 2.23. The number of pyridine rings is 1. The predicted molar refractivity (Wildman–Crippen MR) is 90.0 cm³/mol. The molecule has 21 heavy (non-hydrogen) atoms. The van der Waals surface area contributed by atoms with Gasteiger partial charge in [-0.1, -0.05) is 30.3 Å². The molecule has 3 nitrogen and oxygen atoms in total. The van der Waals surface area contributed by atoms with E-state index in [1.165, 1.54) is 5.56 Å². The Kier molecular flexibility index (Phi) is 4.78. The molecular weight excluding hydrogens is 284 g/mol. The van der Waals surface area contributed by atoms with Gasteiger partial charge in [-0.15, -0.1) is 12.4 Å². The zero-order valence-electron chi connectivity index (χ0n) is 11.5. The molecule has 3 rings (SSSR count). The van der Waals surface area contributed by atoms with Gasteiger partial charge in [-0.3, -0.25) is 4.79 Å². The second kappa shape index (κ2) is 6.57. The number of hydrogen-bond donors (Lipinski definition) is 2. The molecule has 3 aromatic rings. The summed E-state index contributed by atoms with van der Waals surface area (Å²) in [5.41, 5.74) is 9.01. The van der Waals surface area contributed by atoms with Crippen LogP contribution in [0, 0.1) is 0 Å². The molecule has 0 aliphatic heterocycles. The Morgan fingerprint density at radius 3 is 2.38 bits per heavy atom. The molecule has 0 saturated heterocycles. The molecular formula is C17H17ClN2O. The van der Waals surface area contributed by atoms with Crippen LogP contribution in [-0.2, 0) is 6.42 Å². The third-order valence-electron chi connectivity index (χ3n) is 3.49. The van der Waals surface area contributed by atoms with E-state index in [-0.39, 0.29) is 18.0 Å². The van der Waals surface area contributed by atoms with Crippen LogP contribution in [0.15, 0.2) is 59.5 Å². The minimum absolute atomic E-state index is 0. The first-order valence-electron chi connectivity index (χ1n) is 6.69. The molecule has 1 heterocycles. The molecule has 0 atom stereocenters. The van der Waals surface area contributed by atoms with Crippen molar-refractivity contribution in [3.05, 3.63) is 70.6 Å². The number of rotatable bonds is 3. The number of nitrogens with two attached hydrogens (primary N) is 1. The molecule has 1 aromatic heterocycles.